The van der Waals surface area contributed by atoms with Crippen LogP contribution in [0.4, 0.5) is 0 Å². The van der Waals surface area contributed by atoms with E-state index in [9.17, 15) is 18.0 Å². The molecule has 0 aliphatic carbocycles. The van der Waals surface area contributed by atoms with Gasteiger partial charge in [0.2, 0.25) is 0 Å². The SMILES string of the molecule is CC1CCCN(C(=O)C(=O)N(CCN(C)C)C2CCS(=O)(=O)C2)C1. The normalized spacial score (nSPS) is 26.6. The van der Waals surface area contributed by atoms with E-state index >= 15 is 0 Å². The van der Waals surface area contributed by atoms with Gasteiger partial charge in [-0.3, -0.25) is 9.59 Å². The van der Waals surface area contributed by atoms with E-state index in [0.717, 1.165) is 12.8 Å². The number of likely N-dealkylation sites (tertiary alicyclic amines) is 1. The molecule has 0 aromatic heterocycles. The summed E-state index contributed by atoms with van der Waals surface area (Å²) in [6, 6.07) is -0.381. The standard InChI is InChI=1S/C16H29N3O4S/c1-13-5-4-7-18(11-13)15(20)16(21)19(9-8-17(2)3)14-6-10-24(22,23)12-14/h13-14H,4-12H2,1-3H3. The van der Waals surface area contributed by atoms with Gasteiger partial charge in [-0.05, 0) is 39.3 Å². The van der Waals surface area contributed by atoms with Crippen molar-refractivity contribution in [2.45, 2.75) is 32.2 Å². The molecule has 0 bridgehead atoms. The predicted octanol–water partition coefficient (Wildman–Crippen LogP) is -0.178. The molecule has 0 aromatic rings. The van der Waals surface area contributed by atoms with Crippen molar-refractivity contribution in [2.24, 2.45) is 5.92 Å². The highest BCUT2D eigenvalue weighted by Gasteiger charge is 2.38. The van der Waals surface area contributed by atoms with E-state index in [0.29, 0.717) is 38.5 Å². The molecule has 0 N–H and O–H groups in total. The molecule has 2 saturated heterocycles. The van der Waals surface area contributed by atoms with Gasteiger partial charge in [0.05, 0.1) is 11.5 Å². The summed E-state index contributed by atoms with van der Waals surface area (Å²) in [6.07, 6.45) is 2.41. The number of carbonyl (C=O) groups excluding carboxylic acids is 2. The minimum absolute atomic E-state index is 0.0319. The van der Waals surface area contributed by atoms with Crippen LogP contribution in [0.2, 0.25) is 0 Å². The van der Waals surface area contributed by atoms with Crippen molar-refractivity contribution in [3.8, 4) is 0 Å². The van der Waals surface area contributed by atoms with Gasteiger partial charge in [-0.1, -0.05) is 6.92 Å². The van der Waals surface area contributed by atoms with Gasteiger partial charge in [-0.15, -0.1) is 0 Å². The molecule has 0 spiro atoms. The topological polar surface area (TPSA) is 78.0 Å². The number of sulfone groups is 1. The van der Waals surface area contributed by atoms with Crippen LogP contribution in [0.5, 0.6) is 0 Å². The molecule has 24 heavy (non-hydrogen) atoms. The predicted molar refractivity (Wildman–Crippen MR) is 92.3 cm³/mol. The summed E-state index contributed by atoms with van der Waals surface area (Å²) >= 11 is 0. The molecule has 2 fully saturated rings. The smallest absolute Gasteiger partial charge is 0.312 e. The fourth-order valence-electron chi connectivity index (χ4n) is 3.41. The molecule has 2 aliphatic rings. The largest absolute Gasteiger partial charge is 0.334 e. The molecular formula is C16H29N3O4S. The zero-order valence-electron chi connectivity index (χ0n) is 14.9. The molecule has 0 radical (unpaired) electrons. The summed E-state index contributed by atoms with van der Waals surface area (Å²) in [4.78, 5) is 30.4. The van der Waals surface area contributed by atoms with E-state index in [1.54, 1.807) is 4.90 Å². The lowest BCUT2D eigenvalue weighted by molar-refractivity contribution is -0.154. The molecule has 2 unspecified atom stereocenters. The molecule has 138 valence electrons. The number of nitrogens with zero attached hydrogens (tertiary/aromatic N) is 3. The quantitative estimate of drug-likeness (QED) is 0.651. The molecule has 0 aromatic carbocycles. The monoisotopic (exact) mass is 359 g/mol. The molecule has 7 nitrogen and oxygen atoms in total. The van der Waals surface area contributed by atoms with Gasteiger partial charge in [0.15, 0.2) is 9.84 Å². The number of hydrogen-bond donors (Lipinski definition) is 0. The molecule has 2 heterocycles. The van der Waals surface area contributed by atoms with Crippen LogP contribution in [0.1, 0.15) is 26.2 Å². The van der Waals surface area contributed by atoms with E-state index < -0.39 is 21.7 Å². The third-order valence-corrected chi connectivity index (χ3v) is 6.58. The van der Waals surface area contributed by atoms with Crippen molar-refractivity contribution >= 4 is 21.7 Å². The number of hydrogen-bond acceptors (Lipinski definition) is 5. The first kappa shape index (κ1) is 19.2. The maximum Gasteiger partial charge on any atom is 0.312 e. The minimum atomic E-state index is -3.10. The Morgan fingerprint density at radius 1 is 1.17 bits per heavy atom. The van der Waals surface area contributed by atoms with Crippen molar-refractivity contribution in [2.75, 3.05) is 51.8 Å². The highest BCUT2D eigenvalue weighted by Crippen LogP contribution is 2.20. The average Bonchev–Trinajstić information content (AvgIpc) is 2.86. The molecule has 2 atom stereocenters. The summed E-state index contributed by atoms with van der Waals surface area (Å²) < 4.78 is 23.6. The lowest BCUT2D eigenvalue weighted by Gasteiger charge is -2.34. The average molecular weight is 359 g/mol. The molecular weight excluding hydrogens is 330 g/mol. The van der Waals surface area contributed by atoms with Crippen molar-refractivity contribution in [3.63, 3.8) is 0 Å². The third kappa shape index (κ3) is 4.92. The summed E-state index contributed by atoms with van der Waals surface area (Å²) in [5, 5.41) is 0. The maximum atomic E-state index is 12.8. The molecule has 2 rings (SSSR count). The van der Waals surface area contributed by atoms with E-state index in [-0.39, 0.29) is 17.5 Å². The van der Waals surface area contributed by atoms with Crippen molar-refractivity contribution < 1.29 is 18.0 Å². The van der Waals surface area contributed by atoms with Gasteiger partial charge in [0.1, 0.15) is 0 Å². The number of carbonyl (C=O) groups is 2. The zero-order valence-corrected chi connectivity index (χ0v) is 15.7. The number of piperidine rings is 1. The van der Waals surface area contributed by atoms with Crippen LogP contribution in [-0.2, 0) is 19.4 Å². The third-order valence-electron chi connectivity index (χ3n) is 4.83. The van der Waals surface area contributed by atoms with Crippen LogP contribution in [0.3, 0.4) is 0 Å². The molecule has 2 aliphatic heterocycles. The van der Waals surface area contributed by atoms with Crippen LogP contribution in [0.15, 0.2) is 0 Å². The minimum Gasteiger partial charge on any atom is -0.334 e. The van der Waals surface area contributed by atoms with Crippen LogP contribution >= 0.6 is 0 Å². The number of rotatable bonds is 4. The Labute approximate surface area is 144 Å². The highest BCUT2D eigenvalue weighted by molar-refractivity contribution is 7.91. The van der Waals surface area contributed by atoms with Gasteiger partial charge >= 0.3 is 11.8 Å². The summed E-state index contributed by atoms with van der Waals surface area (Å²) in [6.45, 7) is 4.28. The fraction of sp³-hybridized carbons (Fsp3) is 0.875. The lowest BCUT2D eigenvalue weighted by Crippen LogP contribution is -2.53. The Morgan fingerprint density at radius 2 is 1.88 bits per heavy atom. The van der Waals surface area contributed by atoms with Gasteiger partial charge < -0.3 is 14.7 Å². The van der Waals surface area contributed by atoms with Crippen LogP contribution < -0.4 is 0 Å². The van der Waals surface area contributed by atoms with E-state index in [4.69, 9.17) is 0 Å². The Bertz CT molecular complexity index is 576. The van der Waals surface area contributed by atoms with Crippen molar-refractivity contribution in [3.05, 3.63) is 0 Å². The van der Waals surface area contributed by atoms with Crippen molar-refractivity contribution in [1.82, 2.24) is 14.7 Å². The van der Waals surface area contributed by atoms with Crippen molar-refractivity contribution in [1.29, 1.82) is 0 Å². The Hall–Kier alpha value is -1.15. The molecule has 2 amide bonds. The van der Waals surface area contributed by atoms with Crippen LogP contribution in [0.25, 0.3) is 0 Å². The second-order valence-corrected chi connectivity index (χ2v) is 9.59. The lowest BCUT2D eigenvalue weighted by atomic mass is 10.0. The van der Waals surface area contributed by atoms with Crippen LogP contribution in [-0.4, -0.2) is 92.8 Å². The number of likely N-dealkylation sites (N-methyl/N-ethyl adjacent to an activating group) is 1. The van der Waals surface area contributed by atoms with Gasteiger partial charge in [0, 0.05) is 32.2 Å². The van der Waals surface area contributed by atoms with Crippen LogP contribution in [0, 0.1) is 5.92 Å². The van der Waals surface area contributed by atoms with Gasteiger partial charge in [-0.2, -0.15) is 0 Å². The first-order valence-corrected chi connectivity index (χ1v) is 10.5. The Balaban J connectivity index is 2.09. The van der Waals surface area contributed by atoms with E-state index in [1.807, 2.05) is 19.0 Å². The molecule has 0 saturated carbocycles. The first-order valence-electron chi connectivity index (χ1n) is 8.64. The molecule has 8 heteroatoms. The highest BCUT2D eigenvalue weighted by atomic mass is 32.2. The second kappa shape index (κ2) is 7.82. The van der Waals surface area contributed by atoms with E-state index in [2.05, 4.69) is 6.92 Å². The second-order valence-electron chi connectivity index (χ2n) is 7.36. The summed E-state index contributed by atoms with van der Waals surface area (Å²) in [5.41, 5.74) is 0. The summed E-state index contributed by atoms with van der Waals surface area (Å²) in [7, 11) is 0.678. The van der Waals surface area contributed by atoms with Gasteiger partial charge in [0.25, 0.3) is 0 Å². The van der Waals surface area contributed by atoms with Gasteiger partial charge in [-0.25, -0.2) is 8.42 Å². The zero-order chi connectivity index (χ0) is 17.9. The first-order chi connectivity index (χ1) is 11.2. The maximum absolute atomic E-state index is 12.8. The van der Waals surface area contributed by atoms with E-state index in [1.165, 1.54) is 4.90 Å². The Morgan fingerprint density at radius 3 is 2.42 bits per heavy atom. The number of amides is 2. The summed E-state index contributed by atoms with van der Waals surface area (Å²) in [5.74, 6) is -0.566. The Kier molecular flexibility index (Phi) is 6.25. The fourth-order valence-corrected chi connectivity index (χ4v) is 5.14.